The minimum Gasteiger partial charge on any atom is -0.497 e. The monoisotopic (exact) mass is 456 g/mol. The highest BCUT2D eigenvalue weighted by molar-refractivity contribution is 7.22. The first-order valence-corrected chi connectivity index (χ1v) is 11.6. The van der Waals surface area contributed by atoms with Gasteiger partial charge < -0.3 is 9.21 Å². The molecule has 1 aliphatic carbocycles. The van der Waals surface area contributed by atoms with E-state index < -0.39 is 7.40 Å². The first-order chi connectivity index (χ1) is 16.1. The quantitative estimate of drug-likeness (QED) is 0.308. The number of halogens is 2. The van der Waals surface area contributed by atoms with Crippen molar-refractivity contribution >= 4 is 40.7 Å². The van der Waals surface area contributed by atoms with Crippen LogP contribution in [0.25, 0.3) is 26.7 Å². The lowest BCUT2D eigenvalue weighted by molar-refractivity contribution is 0.414. The highest BCUT2D eigenvalue weighted by Crippen LogP contribution is 2.38. The summed E-state index contributed by atoms with van der Waals surface area (Å²) >= 11 is 1.53. The van der Waals surface area contributed by atoms with Crippen LogP contribution < -0.4 is 4.74 Å². The summed E-state index contributed by atoms with van der Waals surface area (Å²) in [6, 6.07) is 19.6. The Bertz CT molecular complexity index is 1480. The molecule has 0 N–H and O–H groups in total. The highest BCUT2D eigenvalue weighted by atomic mass is 32.1. The second kappa shape index (κ2) is 7.85. The fourth-order valence-electron chi connectivity index (χ4n) is 4.64. The van der Waals surface area contributed by atoms with Gasteiger partial charge in [0.2, 0.25) is 0 Å². The number of fused-ring (bicyclic) bond motifs is 4. The van der Waals surface area contributed by atoms with Gasteiger partial charge in [-0.15, -0.1) is 11.3 Å². The van der Waals surface area contributed by atoms with Crippen molar-refractivity contribution in [3.05, 3.63) is 94.8 Å². The van der Waals surface area contributed by atoms with E-state index in [4.69, 9.17) is 9.73 Å². The maximum Gasteiger partial charge on any atom is 0.678 e. The van der Waals surface area contributed by atoms with Gasteiger partial charge in [-0.1, -0.05) is 30.3 Å². The van der Waals surface area contributed by atoms with Gasteiger partial charge in [-0.2, -0.15) is 0 Å². The van der Waals surface area contributed by atoms with E-state index in [0.717, 1.165) is 55.1 Å². The average Bonchev–Trinajstić information content (AvgIpc) is 3.51. The minimum atomic E-state index is -2.63. The molecule has 0 amide bonds. The molecule has 2 aromatic carbocycles. The van der Waals surface area contributed by atoms with Gasteiger partial charge in [0, 0.05) is 16.1 Å². The molecule has 4 aromatic rings. The van der Waals surface area contributed by atoms with E-state index in [9.17, 15) is 8.63 Å². The number of aliphatic imine (C=N–C) groups is 1. The zero-order chi connectivity index (χ0) is 22.5. The predicted octanol–water partition coefficient (Wildman–Crippen LogP) is 6.87. The van der Waals surface area contributed by atoms with Crippen molar-refractivity contribution in [1.82, 2.24) is 4.48 Å². The Morgan fingerprint density at radius 1 is 1.06 bits per heavy atom. The summed E-state index contributed by atoms with van der Waals surface area (Å²) < 4.78 is 35.5. The fraction of sp³-hybridized carbons (Fsp3) is 0.115. The smallest absolute Gasteiger partial charge is 0.497 e. The summed E-state index contributed by atoms with van der Waals surface area (Å²) in [4.78, 5) is 5.79. The van der Waals surface area contributed by atoms with Crippen LogP contribution in [0.1, 0.15) is 23.2 Å². The Kier molecular flexibility index (Phi) is 4.80. The van der Waals surface area contributed by atoms with E-state index in [2.05, 4.69) is 6.07 Å². The topological polar surface area (TPSA) is 26.5 Å². The van der Waals surface area contributed by atoms with Gasteiger partial charge in [0.05, 0.1) is 28.7 Å². The zero-order valence-electron chi connectivity index (χ0n) is 17.9. The molecule has 3 heterocycles. The largest absolute Gasteiger partial charge is 0.678 e. The molecule has 0 bridgehead atoms. The van der Waals surface area contributed by atoms with Crippen molar-refractivity contribution in [3.63, 3.8) is 0 Å². The molecule has 7 heteroatoms. The third kappa shape index (κ3) is 3.44. The van der Waals surface area contributed by atoms with E-state index in [-0.39, 0.29) is 0 Å². The van der Waals surface area contributed by atoms with Crippen molar-refractivity contribution in [2.24, 2.45) is 4.99 Å². The number of nitrogens with zero attached hydrogens (tertiary/aromatic N) is 2. The Hall–Kier alpha value is -3.45. The summed E-state index contributed by atoms with van der Waals surface area (Å²) in [7, 11) is -0.972. The lowest BCUT2D eigenvalue weighted by Gasteiger charge is -2.18. The van der Waals surface area contributed by atoms with Crippen LogP contribution in [0.3, 0.4) is 0 Å². The molecule has 2 aromatic heterocycles. The first kappa shape index (κ1) is 20.2. The molecular weight excluding hydrogens is 437 g/mol. The highest BCUT2D eigenvalue weighted by Gasteiger charge is 2.27. The van der Waals surface area contributed by atoms with Crippen LogP contribution in [0.2, 0.25) is 0 Å². The van der Waals surface area contributed by atoms with Gasteiger partial charge in [0.25, 0.3) is 0 Å². The van der Waals surface area contributed by atoms with E-state index in [1.165, 1.54) is 16.9 Å². The number of aromatic nitrogens is 1. The van der Waals surface area contributed by atoms with Crippen LogP contribution in [-0.4, -0.2) is 24.7 Å². The lowest BCUT2D eigenvalue weighted by Crippen LogP contribution is -2.13. The van der Waals surface area contributed by atoms with E-state index in [1.807, 2.05) is 60.7 Å². The lowest BCUT2D eigenvalue weighted by atomic mass is 9.87. The number of rotatable bonds is 4. The zero-order valence-corrected chi connectivity index (χ0v) is 18.7. The molecule has 2 aliphatic rings. The summed E-state index contributed by atoms with van der Waals surface area (Å²) in [6.07, 6.45) is 5.58. The number of methoxy groups -OCH3 is 1. The van der Waals surface area contributed by atoms with E-state index >= 15 is 0 Å². The van der Waals surface area contributed by atoms with Crippen molar-refractivity contribution in [3.8, 4) is 16.2 Å². The second-order valence-electron chi connectivity index (χ2n) is 8.17. The van der Waals surface area contributed by atoms with Gasteiger partial charge in [0.15, 0.2) is 0 Å². The molecule has 0 atom stereocenters. The maximum atomic E-state index is 14.1. The van der Waals surface area contributed by atoms with Gasteiger partial charge in [-0.25, -0.2) is 4.99 Å². The Balaban J connectivity index is 1.41. The number of allylic oxidation sites excluding steroid dienone is 2. The predicted molar refractivity (Wildman–Crippen MR) is 133 cm³/mol. The van der Waals surface area contributed by atoms with Gasteiger partial charge >= 0.3 is 7.40 Å². The van der Waals surface area contributed by atoms with Crippen LogP contribution in [0.5, 0.6) is 5.75 Å². The van der Waals surface area contributed by atoms with Gasteiger partial charge in [0.1, 0.15) is 5.75 Å². The summed E-state index contributed by atoms with van der Waals surface area (Å²) in [5.41, 5.74) is 7.15. The van der Waals surface area contributed by atoms with E-state index in [1.54, 1.807) is 13.2 Å². The second-order valence-corrected chi connectivity index (χ2v) is 9.25. The Morgan fingerprint density at radius 2 is 1.91 bits per heavy atom. The molecule has 0 radical (unpaired) electrons. The summed E-state index contributed by atoms with van der Waals surface area (Å²) in [6.45, 7) is 0. The molecule has 0 fully saturated rings. The molecular formula is C26H19BF2N2OS. The van der Waals surface area contributed by atoms with Crippen molar-refractivity contribution < 1.29 is 13.4 Å². The van der Waals surface area contributed by atoms with Crippen LogP contribution >= 0.6 is 11.3 Å². The normalized spacial score (nSPS) is 15.9. The van der Waals surface area contributed by atoms with Crippen LogP contribution in [0, 0.1) is 0 Å². The summed E-state index contributed by atoms with van der Waals surface area (Å²) in [5.74, 6) is 0.834. The number of benzene rings is 2. The molecule has 33 heavy (non-hydrogen) atoms. The fourth-order valence-corrected chi connectivity index (χ4v) is 5.74. The molecule has 1 aliphatic heterocycles. The van der Waals surface area contributed by atoms with Crippen molar-refractivity contribution in [2.75, 3.05) is 7.11 Å². The maximum absolute atomic E-state index is 14.1. The number of aryl methyl sites for hydroxylation is 1. The standard InChI is InChI=1S/C26H19BF2N2OS/c1-32-21-9-10-22-17(12-21)7-8-18-11-19(30-26(18)22)13-20-14-25-23(31(20)27(28)29)15-24(33-25)16-5-3-2-4-6-16/h2-6,9-15H,7-8H2,1H3/b19-13+. The Morgan fingerprint density at radius 3 is 2.70 bits per heavy atom. The number of ether oxygens (including phenoxy) is 1. The molecule has 0 unspecified atom stereocenters. The van der Waals surface area contributed by atoms with Crippen LogP contribution in [0.15, 0.2) is 83.0 Å². The van der Waals surface area contributed by atoms with Crippen molar-refractivity contribution in [1.29, 1.82) is 0 Å². The molecule has 6 rings (SSSR count). The minimum absolute atomic E-state index is 0.468. The van der Waals surface area contributed by atoms with Crippen LogP contribution in [-0.2, 0) is 6.42 Å². The molecule has 0 spiro atoms. The molecule has 162 valence electrons. The third-order valence-corrected chi connectivity index (χ3v) is 7.32. The summed E-state index contributed by atoms with van der Waals surface area (Å²) in [5, 5.41) is 0. The molecule has 0 saturated carbocycles. The first-order valence-electron chi connectivity index (χ1n) is 10.8. The molecule has 0 saturated heterocycles. The average molecular weight is 456 g/mol. The number of hydrogen-bond acceptors (Lipinski definition) is 3. The van der Waals surface area contributed by atoms with Crippen LogP contribution in [0.4, 0.5) is 8.63 Å². The van der Waals surface area contributed by atoms with Crippen molar-refractivity contribution in [2.45, 2.75) is 12.8 Å². The van der Waals surface area contributed by atoms with Gasteiger partial charge in [-0.3, -0.25) is 8.63 Å². The number of thiophene rings is 1. The van der Waals surface area contributed by atoms with Gasteiger partial charge in [-0.05, 0) is 72.0 Å². The number of hydrogen-bond donors (Lipinski definition) is 0. The third-order valence-electron chi connectivity index (χ3n) is 6.20. The Labute approximate surface area is 194 Å². The SMILES string of the molecule is COc1ccc2c(c1)CCC1=C/C(=C\c3cc4sc(-c5ccccc5)cc4n3B(F)F)N=C12. The van der Waals surface area contributed by atoms with E-state index in [0.29, 0.717) is 16.9 Å². The molecule has 3 nitrogen and oxygen atoms in total.